The molecule has 34 heavy (non-hydrogen) atoms. The highest BCUT2D eigenvalue weighted by Crippen LogP contribution is 2.33. The van der Waals surface area contributed by atoms with Crippen molar-refractivity contribution in [2.75, 3.05) is 7.11 Å². The SMILES string of the molecule is COC(=O)CCCC#CCn1c(-c2ccccc2)c(-c2ccccc2)n(-c2ccccc2)c1=O. The van der Waals surface area contributed by atoms with Crippen LogP contribution in [0.5, 0.6) is 0 Å². The van der Waals surface area contributed by atoms with Crippen LogP contribution >= 0.6 is 0 Å². The van der Waals surface area contributed by atoms with Crippen molar-refractivity contribution in [3.63, 3.8) is 0 Å². The molecular weight excluding hydrogens is 424 g/mol. The van der Waals surface area contributed by atoms with Gasteiger partial charge in [0, 0.05) is 24.0 Å². The Labute approximate surface area is 199 Å². The van der Waals surface area contributed by atoms with Crippen molar-refractivity contribution in [2.45, 2.75) is 25.8 Å². The molecule has 1 aromatic heterocycles. The maximum Gasteiger partial charge on any atom is 0.334 e. The van der Waals surface area contributed by atoms with Crippen molar-refractivity contribution < 1.29 is 9.53 Å². The third-order valence-corrected chi connectivity index (χ3v) is 5.52. The van der Waals surface area contributed by atoms with Crippen LogP contribution in [0.15, 0.2) is 95.8 Å². The van der Waals surface area contributed by atoms with Gasteiger partial charge in [-0.05, 0) is 18.6 Å². The van der Waals surface area contributed by atoms with Gasteiger partial charge < -0.3 is 4.74 Å². The number of esters is 1. The Bertz CT molecular complexity index is 1360. The van der Waals surface area contributed by atoms with Crippen molar-refractivity contribution in [1.82, 2.24) is 9.13 Å². The number of benzene rings is 3. The fourth-order valence-corrected chi connectivity index (χ4v) is 3.91. The molecule has 1 heterocycles. The van der Waals surface area contributed by atoms with Crippen LogP contribution in [0.2, 0.25) is 0 Å². The van der Waals surface area contributed by atoms with E-state index in [4.69, 9.17) is 0 Å². The van der Waals surface area contributed by atoms with E-state index in [9.17, 15) is 9.59 Å². The first-order valence-electron chi connectivity index (χ1n) is 11.2. The van der Waals surface area contributed by atoms with Crippen LogP contribution in [-0.4, -0.2) is 22.2 Å². The van der Waals surface area contributed by atoms with Gasteiger partial charge in [-0.2, -0.15) is 0 Å². The number of aromatic nitrogens is 2. The Balaban J connectivity index is 1.84. The second kappa shape index (κ2) is 11.0. The lowest BCUT2D eigenvalue weighted by Crippen LogP contribution is -2.23. The Morgan fingerprint density at radius 3 is 1.94 bits per heavy atom. The van der Waals surface area contributed by atoms with Crippen LogP contribution in [0, 0.1) is 11.8 Å². The predicted octanol–water partition coefficient (Wildman–Crippen LogP) is 5.32. The zero-order valence-electron chi connectivity index (χ0n) is 19.1. The fraction of sp³-hybridized carbons (Fsp3) is 0.172. The van der Waals surface area contributed by atoms with Crippen LogP contribution in [-0.2, 0) is 16.1 Å². The monoisotopic (exact) mass is 450 g/mol. The van der Waals surface area contributed by atoms with Crippen molar-refractivity contribution in [3.05, 3.63) is 101 Å². The first-order valence-corrected chi connectivity index (χ1v) is 11.2. The minimum atomic E-state index is -0.239. The molecule has 0 bridgehead atoms. The van der Waals surface area contributed by atoms with Crippen LogP contribution in [0.25, 0.3) is 28.2 Å². The zero-order valence-corrected chi connectivity index (χ0v) is 19.1. The van der Waals surface area contributed by atoms with Gasteiger partial charge in [-0.1, -0.05) is 84.8 Å². The summed E-state index contributed by atoms with van der Waals surface area (Å²) in [6.45, 7) is 0.251. The highest BCUT2D eigenvalue weighted by molar-refractivity contribution is 5.80. The lowest BCUT2D eigenvalue weighted by molar-refractivity contribution is -0.140. The molecule has 0 aliphatic heterocycles. The number of carbonyl (C=O) groups is 1. The number of carbonyl (C=O) groups excluding carboxylic acids is 1. The van der Waals surface area contributed by atoms with E-state index in [0.717, 1.165) is 28.2 Å². The molecule has 0 fully saturated rings. The Kier molecular flexibility index (Phi) is 7.42. The van der Waals surface area contributed by atoms with Crippen LogP contribution < -0.4 is 5.69 Å². The highest BCUT2D eigenvalue weighted by Gasteiger charge is 2.23. The van der Waals surface area contributed by atoms with E-state index in [1.807, 2.05) is 91.0 Å². The van der Waals surface area contributed by atoms with Gasteiger partial charge >= 0.3 is 11.7 Å². The van der Waals surface area contributed by atoms with E-state index in [-0.39, 0.29) is 18.2 Å². The molecule has 0 saturated heterocycles. The summed E-state index contributed by atoms with van der Waals surface area (Å²) in [5.41, 5.74) is 4.20. The molecule has 0 radical (unpaired) electrons. The minimum Gasteiger partial charge on any atom is -0.469 e. The van der Waals surface area contributed by atoms with E-state index < -0.39 is 0 Å². The van der Waals surface area contributed by atoms with E-state index in [2.05, 4.69) is 16.6 Å². The smallest absolute Gasteiger partial charge is 0.334 e. The zero-order chi connectivity index (χ0) is 23.8. The number of nitrogens with zero attached hydrogens (tertiary/aromatic N) is 2. The summed E-state index contributed by atoms with van der Waals surface area (Å²) in [6.07, 6.45) is 1.53. The van der Waals surface area contributed by atoms with Crippen molar-refractivity contribution >= 4 is 5.97 Å². The van der Waals surface area contributed by atoms with Gasteiger partial charge in [0.15, 0.2) is 0 Å². The minimum absolute atomic E-state index is 0.146. The number of para-hydroxylation sites is 1. The highest BCUT2D eigenvalue weighted by atomic mass is 16.5. The third kappa shape index (κ3) is 5.02. The largest absolute Gasteiger partial charge is 0.469 e. The first-order chi connectivity index (χ1) is 16.7. The molecule has 4 aromatic rings. The van der Waals surface area contributed by atoms with E-state index in [1.54, 1.807) is 9.13 Å². The van der Waals surface area contributed by atoms with Crippen LogP contribution in [0.3, 0.4) is 0 Å². The Hall–Kier alpha value is -4.30. The number of imidazole rings is 1. The van der Waals surface area contributed by atoms with E-state index in [0.29, 0.717) is 19.3 Å². The molecule has 4 rings (SSSR count). The number of ether oxygens (including phenoxy) is 1. The molecule has 0 N–H and O–H groups in total. The number of unbranched alkanes of at least 4 members (excludes halogenated alkanes) is 1. The van der Waals surface area contributed by atoms with Gasteiger partial charge in [0.1, 0.15) is 0 Å². The van der Waals surface area contributed by atoms with Gasteiger partial charge in [-0.25, -0.2) is 4.79 Å². The molecule has 5 nitrogen and oxygen atoms in total. The summed E-state index contributed by atoms with van der Waals surface area (Å²) in [4.78, 5) is 25.1. The van der Waals surface area contributed by atoms with Gasteiger partial charge in [-0.15, -0.1) is 5.92 Å². The summed E-state index contributed by atoms with van der Waals surface area (Å²) in [7, 11) is 1.38. The quantitative estimate of drug-likeness (QED) is 0.218. The number of rotatable bonds is 7. The maximum absolute atomic E-state index is 13.8. The molecule has 0 amide bonds. The molecule has 0 saturated carbocycles. The molecule has 0 atom stereocenters. The number of hydrogen-bond donors (Lipinski definition) is 0. The third-order valence-electron chi connectivity index (χ3n) is 5.52. The lowest BCUT2D eigenvalue weighted by Gasteiger charge is -2.11. The molecular formula is C29H26N2O3. The number of hydrogen-bond acceptors (Lipinski definition) is 3. The summed E-state index contributed by atoms with van der Waals surface area (Å²) in [5.74, 6) is 6.00. The van der Waals surface area contributed by atoms with Crippen molar-refractivity contribution in [3.8, 4) is 40.0 Å². The van der Waals surface area contributed by atoms with Crippen LogP contribution in [0.4, 0.5) is 0 Å². The van der Waals surface area contributed by atoms with E-state index >= 15 is 0 Å². The first kappa shape index (κ1) is 22.9. The van der Waals surface area contributed by atoms with Gasteiger partial charge in [0.05, 0.1) is 30.7 Å². The molecule has 3 aromatic carbocycles. The summed E-state index contributed by atoms with van der Waals surface area (Å²) in [5, 5.41) is 0. The van der Waals surface area contributed by atoms with Gasteiger partial charge in [0.25, 0.3) is 0 Å². The molecule has 0 aliphatic rings. The molecule has 0 aliphatic carbocycles. The standard InChI is InChI=1S/C29H26N2O3/c1-34-26(32)21-13-2-3-14-22-30-27(23-15-7-4-8-16-23)28(24-17-9-5-10-18-24)31(29(30)33)25-19-11-6-12-20-25/h4-12,15-20H,2,13,21-22H2,1H3. The molecule has 5 heteroatoms. The predicted molar refractivity (Wildman–Crippen MR) is 135 cm³/mol. The molecule has 0 spiro atoms. The molecule has 170 valence electrons. The van der Waals surface area contributed by atoms with Gasteiger partial charge in [0.2, 0.25) is 0 Å². The van der Waals surface area contributed by atoms with Gasteiger partial charge in [-0.3, -0.25) is 13.9 Å². The van der Waals surface area contributed by atoms with Crippen molar-refractivity contribution in [2.24, 2.45) is 0 Å². The lowest BCUT2D eigenvalue weighted by atomic mass is 10.0. The normalized spacial score (nSPS) is 10.4. The second-order valence-electron chi connectivity index (χ2n) is 7.75. The van der Waals surface area contributed by atoms with Crippen molar-refractivity contribution in [1.29, 1.82) is 0 Å². The number of methoxy groups -OCH3 is 1. The summed E-state index contributed by atoms with van der Waals surface area (Å²) in [6, 6.07) is 29.5. The summed E-state index contributed by atoms with van der Waals surface area (Å²) >= 11 is 0. The maximum atomic E-state index is 13.8. The fourth-order valence-electron chi connectivity index (χ4n) is 3.91. The average molecular weight is 451 g/mol. The topological polar surface area (TPSA) is 53.2 Å². The Morgan fingerprint density at radius 2 is 1.35 bits per heavy atom. The molecule has 0 unspecified atom stereocenters. The summed E-state index contributed by atoms with van der Waals surface area (Å²) < 4.78 is 8.17. The van der Waals surface area contributed by atoms with E-state index in [1.165, 1.54) is 7.11 Å². The second-order valence-corrected chi connectivity index (χ2v) is 7.75. The Morgan fingerprint density at radius 1 is 0.794 bits per heavy atom. The van der Waals surface area contributed by atoms with Crippen LogP contribution in [0.1, 0.15) is 19.3 Å². The average Bonchev–Trinajstić information content (AvgIpc) is 3.19.